The summed E-state index contributed by atoms with van der Waals surface area (Å²) < 4.78 is 42.6. The lowest BCUT2D eigenvalue weighted by atomic mass is 10.0. The van der Waals surface area contributed by atoms with Gasteiger partial charge in [-0.25, -0.2) is 14.5 Å². The van der Waals surface area contributed by atoms with Crippen LogP contribution in [0.2, 0.25) is 5.02 Å². The molecule has 3 N–H and O–H groups in total. The molecule has 0 bridgehead atoms. The Kier molecular flexibility index (Phi) is 8.37. The van der Waals surface area contributed by atoms with Crippen molar-refractivity contribution in [2.24, 2.45) is 0 Å². The second-order valence-corrected chi connectivity index (χ2v) is 10.9. The number of fused-ring (bicyclic) bond motifs is 1. The number of anilines is 1. The Balaban J connectivity index is 1.18. The van der Waals surface area contributed by atoms with Gasteiger partial charge in [0, 0.05) is 22.3 Å². The Hall–Kier alpha value is -4.16. The molecule has 1 unspecified atom stereocenters. The summed E-state index contributed by atoms with van der Waals surface area (Å²) >= 11 is 11.5. The number of urea groups is 1. The molecular weight excluding hydrogens is 589 g/mol. The molecular formula is C29H26ClF3N6O2S. The van der Waals surface area contributed by atoms with E-state index in [2.05, 4.69) is 44.6 Å². The lowest BCUT2D eigenvalue weighted by Gasteiger charge is -2.17. The number of hydrogen-bond acceptors (Lipinski definition) is 5. The van der Waals surface area contributed by atoms with Gasteiger partial charge in [-0.3, -0.25) is 5.32 Å². The summed E-state index contributed by atoms with van der Waals surface area (Å²) in [5.74, 6) is 0.378. The number of benzene rings is 3. The molecule has 5 rings (SSSR count). The molecule has 4 aromatic rings. The number of amides is 2. The summed E-state index contributed by atoms with van der Waals surface area (Å²) in [7, 11) is 0. The molecule has 42 heavy (non-hydrogen) atoms. The third-order valence-electron chi connectivity index (χ3n) is 6.67. The summed E-state index contributed by atoms with van der Waals surface area (Å²) in [5, 5.41) is 13.9. The molecule has 1 aliphatic carbocycles. The van der Waals surface area contributed by atoms with Crippen LogP contribution in [0, 0.1) is 0 Å². The van der Waals surface area contributed by atoms with Crippen LogP contribution in [0.5, 0.6) is 5.75 Å². The van der Waals surface area contributed by atoms with Crippen molar-refractivity contribution in [2.45, 2.75) is 45.0 Å². The van der Waals surface area contributed by atoms with E-state index < -0.39 is 12.4 Å². The van der Waals surface area contributed by atoms with Crippen molar-refractivity contribution in [3.63, 3.8) is 0 Å². The van der Waals surface area contributed by atoms with Gasteiger partial charge in [0.25, 0.3) is 0 Å². The van der Waals surface area contributed by atoms with Crippen molar-refractivity contribution >= 4 is 40.6 Å². The molecule has 1 atom stereocenters. The number of nitrogens with zero attached hydrogens (tertiary/aromatic N) is 3. The van der Waals surface area contributed by atoms with Gasteiger partial charge in [0.15, 0.2) is 10.9 Å². The minimum Gasteiger partial charge on any atom is -0.406 e. The maximum atomic E-state index is 12.7. The van der Waals surface area contributed by atoms with Gasteiger partial charge >= 0.3 is 12.4 Å². The average molecular weight is 615 g/mol. The highest BCUT2D eigenvalue weighted by Crippen LogP contribution is 2.29. The number of hydrogen-bond donors (Lipinski definition) is 3. The predicted molar refractivity (Wildman–Crippen MR) is 158 cm³/mol. The molecule has 0 spiro atoms. The predicted octanol–water partition coefficient (Wildman–Crippen LogP) is 6.77. The smallest absolute Gasteiger partial charge is 0.406 e. The third kappa shape index (κ3) is 7.18. The fourth-order valence-electron chi connectivity index (χ4n) is 4.80. The molecule has 8 nitrogen and oxygen atoms in total. The van der Waals surface area contributed by atoms with Crippen molar-refractivity contribution in [1.29, 1.82) is 0 Å². The normalized spacial score (nSPS) is 14.4. The van der Waals surface area contributed by atoms with Crippen LogP contribution < -0.4 is 20.7 Å². The standard InChI is InChI=1S/C29H26ClF3N6O2S/c1-16(2)24-10-5-20(30)14-25(24)36-28(42)37-27(40)35-21-12-17-3-4-18(11-19(17)13-21)26-34-15-39(38-26)22-6-8-23(9-7-22)41-29(31,32)33/h3-11,14-16,21H,12-13H2,1-2H3,(H3,35,36,37,40,42). The van der Waals surface area contributed by atoms with Crippen molar-refractivity contribution in [1.82, 2.24) is 25.4 Å². The number of carbonyl (C=O) groups excluding carboxylic acids is 1. The number of thiocarbonyl (C=S) groups is 1. The Morgan fingerprint density at radius 3 is 2.52 bits per heavy atom. The molecule has 1 aromatic heterocycles. The first-order valence-corrected chi connectivity index (χ1v) is 13.8. The van der Waals surface area contributed by atoms with Gasteiger partial charge in [-0.15, -0.1) is 18.3 Å². The molecule has 0 aliphatic heterocycles. The topological polar surface area (TPSA) is 93.1 Å². The minimum absolute atomic E-state index is 0.126. The highest BCUT2D eigenvalue weighted by Gasteiger charge is 2.31. The molecule has 0 radical (unpaired) electrons. The number of carbonyl (C=O) groups is 1. The first-order chi connectivity index (χ1) is 19.9. The monoisotopic (exact) mass is 614 g/mol. The third-order valence-corrected chi connectivity index (χ3v) is 7.11. The summed E-state index contributed by atoms with van der Waals surface area (Å²) in [6.45, 7) is 4.11. The molecule has 2 amide bonds. The van der Waals surface area contributed by atoms with E-state index in [0.717, 1.165) is 27.9 Å². The maximum absolute atomic E-state index is 12.7. The fourth-order valence-corrected chi connectivity index (χ4v) is 5.17. The van der Waals surface area contributed by atoms with E-state index in [1.165, 1.54) is 35.3 Å². The quantitative estimate of drug-likeness (QED) is 0.208. The molecule has 1 aliphatic rings. The van der Waals surface area contributed by atoms with E-state index in [4.69, 9.17) is 23.8 Å². The van der Waals surface area contributed by atoms with Crippen LogP contribution in [0.3, 0.4) is 0 Å². The van der Waals surface area contributed by atoms with Crippen LogP contribution in [0.4, 0.5) is 23.7 Å². The second-order valence-electron chi connectivity index (χ2n) is 10.1. The Labute approximate surface area is 250 Å². The number of alkyl halides is 3. The van der Waals surface area contributed by atoms with Crippen LogP contribution in [-0.4, -0.2) is 38.3 Å². The minimum atomic E-state index is -4.76. The van der Waals surface area contributed by atoms with Crippen LogP contribution >= 0.6 is 23.8 Å². The number of rotatable bonds is 6. The van der Waals surface area contributed by atoms with Crippen LogP contribution in [0.1, 0.15) is 36.5 Å². The molecule has 13 heteroatoms. The van der Waals surface area contributed by atoms with Gasteiger partial charge in [0.05, 0.1) is 5.69 Å². The summed E-state index contributed by atoms with van der Waals surface area (Å²) in [6.07, 6.45) is -2.00. The molecule has 218 valence electrons. The van der Waals surface area contributed by atoms with Crippen molar-refractivity contribution in [2.75, 3.05) is 5.32 Å². The maximum Gasteiger partial charge on any atom is 0.573 e. The van der Waals surface area contributed by atoms with Gasteiger partial charge in [-0.2, -0.15) is 0 Å². The zero-order chi connectivity index (χ0) is 30.0. The Bertz CT molecular complexity index is 1620. The van der Waals surface area contributed by atoms with E-state index in [0.29, 0.717) is 29.4 Å². The first kappa shape index (κ1) is 29.3. The van der Waals surface area contributed by atoms with Crippen LogP contribution in [0.15, 0.2) is 67.0 Å². The molecule has 0 saturated heterocycles. The van der Waals surface area contributed by atoms with Crippen LogP contribution in [-0.2, 0) is 12.8 Å². The Morgan fingerprint density at radius 1 is 1.07 bits per heavy atom. The largest absolute Gasteiger partial charge is 0.573 e. The van der Waals surface area contributed by atoms with Gasteiger partial charge in [0.2, 0.25) is 0 Å². The highest BCUT2D eigenvalue weighted by atomic mass is 35.5. The van der Waals surface area contributed by atoms with E-state index in [1.54, 1.807) is 6.07 Å². The van der Waals surface area contributed by atoms with E-state index in [-0.39, 0.29) is 22.8 Å². The molecule has 3 aromatic carbocycles. The number of halogens is 4. The van der Waals surface area contributed by atoms with E-state index in [9.17, 15) is 18.0 Å². The molecule has 0 fully saturated rings. The summed E-state index contributed by atoms with van der Waals surface area (Å²) in [6, 6.07) is 16.2. The van der Waals surface area contributed by atoms with Crippen molar-refractivity contribution < 1.29 is 22.7 Å². The van der Waals surface area contributed by atoms with Crippen molar-refractivity contribution in [3.05, 3.63) is 88.7 Å². The lowest BCUT2D eigenvalue weighted by Crippen LogP contribution is -2.46. The Morgan fingerprint density at radius 2 is 1.81 bits per heavy atom. The first-order valence-electron chi connectivity index (χ1n) is 13.0. The van der Waals surface area contributed by atoms with Gasteiger partial charge in [0.1, 0.15) is 12.1 Å². The van der Waals surface area contributed by atoms with Gasteiger partial charge in [-0.1, -0.05) is 43.6 Å². The van der Waals surface area contributed by atoms with E-state index >= 15 is 0 Å². The van der Waals surface area contributed by atoms with Crippen LogP contribution in [0.25, 0.3) is 17.1 Å². The number of nitrogens with one attached hydrogen (secondary N) is 3. The zero-order valence-electron chi connectivity index (χ0n) is 22.5. The lowest BCUT2D eigenvalue weighted by molar-refractivity contribution is -0.274. The molecule has 1 heterocycles. The average Bonchev–Trinajstić information content (AvgIpc) is 3.54. The molecule has 0 saturated carbocycles. The van der Waals surface area contributed by atoms with Gasteiger partial charge < -0.3 is 15.4 Å². The van der Waals surface area contributed by atoms with Crippen molar-refractivity contribution in [3.8, 4) is 22.8 Å². The highest BCUT2D eigenvalue weighted by molar-refractivity contribution is 7.80. The van der Waals surface area contributed by atoms with E-state index in [1.807, 2.05) is 30.3 Å². The summed E-state index contributed by atoms with van der Waals surface area (Å²) in [5.41, 5.74) is 5.24. The zero-order valence-corrected chi connectivity index (χ0v) is 24.1. The number of aromatic nitrogens is 3. The fraction of sp³-hybridized carbons (Fsp3) is 0.241. The second kappa shape index (κ2) is 12.0. The number of ether oxygens (including phenoxy) is 1. The summed E-state index contributed by atoms with van der Waals surface area (Å²) in [4.78, 5) is 17.0. The van der Waals surface area contributed by atoms with Gasteiger partial charge in [-0.05, 0) is 90.1 Å². The SMILES string of the molecule is CC(C)c1ccc(Cl)cc1NC(=S)NC(=O)NC1Cc2ccc(-c3ncn(-c4ccc(OC(F)(F)F)cc4)n3)cc2C1.